The highest BCUT2D eigenvalue weighted by Gasteiger charge is 2.24. The molecule has 0 radical (unpaired) electrons. The summed E-state index contributed by atoms with van der Waals surface area (Å²) in [4.78, 5) is 14.8. The van der Waals surface area contributed by atoms with Crippen molar-refractivity contribution in [2.24, 2.45) is 5.92 Å². The average molecular weight is 382 g/mol. The SMILES string of the molecule is COc1c(/C(C)=C/C(=O)N2CCC(C)CC2)cc2c3c(oc2c1C)CCCC3. The van der Waals surface area contributed by atoms with Crippen molar-refractivity contribution >= 4 is 22.4 Å². The second kappa shape index (κ2) is 7.65. The van der Waals surface area contributed by atoms with Crippen LogP contribution >= 0.6 is 0 Å². The van der Waals surface area contributed by atoms with E-state index in [0.29, 0.717) is 5.92 Å². The number of allylic oxidation sites excluding steroid dienone is 1. The summed E-state index contributed by atoms with van der Waals surface area (Å²) in [6, 6.07) is 2.17. The van der Waals surface area contributed by atoms with Crippen molar-refractivity contribution in [1.82, 2.24) is 4.90 Å². The Kier molecular flexibility index (Phi) is 5.22. The lowest BCUT2D eigenvalue weighted by molar-refractivity contribution is -0.127. The molecule has 0 N–H and O–H groups in total. The molecule has 2 aromatic rings. The van der Waals surface area contributed by atoms with Gasteiger partial charge in [-0.25, -0.2) is 0 Å². The Morgan fingerprint density at radius 2 is 1.96 bits per heavy atom. The summed E-state index contributed by atoms with van der Waals surface area (Å²) in [5.74, 6) is 2.76. The number of aryl methyl sites for hydroxylation is 3. The normalized spacial score (nSPS) is 18.4. The molecule has 2 aliphatic rings. The van der Waals surface area contributed by atoms with Crippen LogP contribution in [0.15, 0.2) is 16.6 Å². The van der Waals surface area contributed by atoms with Crippen molar-refractivity contribution in [3.8, 4) is 5.75 Å². The number of carbonyl (C=O) groups excluding carboxylic acids is 1. The summed E-state index contributed by atoms with van der Waals surface area (Å²) >= 11 is 0. The van der Waals surface area contributed by atoms with Gasteiger partial charge in [-0.15, -0.1) is 0 Å². The molecule has 4 nitrogen and oxygen atoms in total. The second-order valence-corrected chi connectivity index (χ2v) is 8.51. The standard InChI is InChI=1S/C24H31NO3/c1-15-9-11-25(12-10-15)22(26)13-16(2)19-14-20-18-7-5-6-8-21(18)28-24(20)17(3)23(19)27-4/h13-15H,5-12H2,1-4H3/b16-13+. The molecule has 0 unspecified atom stereocenters. The van der Waals surface area contributed by atoms with Gasteiger partial charge in [0.1, 0.15) is 17.1 Å². The van der Waals surface area contributed by atoms with Crippen molar-refractivity contribution in [2.75, 3.05) is 20.2 Å². The third-order valence-corrected chi connectivity index (χ3v) is 6.49. The van der Waals surface area contributed by atoms with E-state index >= 15 is 0 Å². The van der Waals surface area contributed by atoms with Crippen LogP contribution in [0.2, 0.25) is 0 Å². The van der Waals surface area contributed by atoms with Crippen molar-refractivity contribution in [3.63, 3.8) is 0 Å². The Balaban J connectivity index is 1.73. The van der Waals surface area contributed by atoms with E-state index in [1.54, 1.807) is 13.2 Å². The zero-order valence-corrected chi connectivity index (χ0v) is 17.6. The third-order valence-electron chi connectivity index (χ3n) is 6.49. The zero-order valence-electron chi connectivity index (χ0n) is 17.6. The number of hydrogen-bond acceptors (Lipinski definition) is 3. The molecule has 0 atom stereocenters. The molecule has 1 fully saturated rings. The van der Waals surface area contributed by atoms with Crippen LogP contribution < -0.4 is 4.74 Å². The van der Waals surface area contributed by atoms with Gasteiger partial charge in [-0.1, -0.05) is 6.92 Å². The van der Waals surface area contributed by atoms with Crippen LogP contribution in [-0.4, -0.2) is 31.0 Å². The fourth-order valence-corrected chi connectivity index (χ4v) is 4.68. The maximum absolute atomic E-state index is 12.8. The molecule has 0 spiro atoms. The highest BCUT2D eigenvalue weighted by Crippen LogP contribution is 2.41. The van der Waals surface area contributed by atoms with Gasteiger partial charge in [0.2, 0.25) is 5.91 Å². The largest absolute Gasteiger partial charge is 0.496 e. The lowest BCUT2D eigenvalue weighted by Gasteiger charge is -2.29. The molecular formula is C24H31NO3. The number of carbonyl (C=O) groups is 1. The van der Waals surface area contributed by atoms with Gasteiger partial charge in [-0.2, -0.15) is 0 Å². The predicted molar refractivity (Wildman–Crippen MR) is 113 cm³/mol. The molecule has 150 valence electrons. The Hall–Kier alpha value is -2.23. The zero-order chi connectivity index (χ0) is 19.8. The summed E-state index contributed by atoms with van der Waals surface area (Å²) in [5.41, 5.74) is 5.27. The van der Waals surface area contributed by atoms with E-state index in [1.165, 1.54) is 23.8 Å². The molecule has 1 amide bonds. The van der Waals surface area contributed by atoms with Gasteiger partial charge in [0, 0.05) is 47.7 Å². The Morgan fingerprint density at radius 3 is 2.68 bits per heavy atom. The Bertz CT molecular complexity index is 929. The third kappa shape index (κ3) is 3.34. The fourth-order valence-electron chi connectivity index (χ4n) is 4.68. The number of amides is 1. The monoisotopic (exact) mass is 381 g/mol. The first-order valence-electron chi connectivity index (χ1n) is 10.6. The molecule has 4 rings (SSSR count). The highest BCUT2D eigenvalue weighted by atomic mass is 16.5. The first-order chi connectivity index (χ1) is 13.5. The van der Waals surface area contributed by atoms with E-state index < -0.39 is 0 Å². The fraction of sp³-hybridized carbons (Fsp3) is 0.542. The van der Waals surface area contributed by atoms with Crippen LogP contribution in [0.5, 0.6) is 5.75 Å². The van der Waals surface area contributed by atoms with E-state index in [4.69, 9.17) is 9.15 Å². The summed E-state index contributed by atoms with van der Waals surface area (Å²) in [7, 11) is 1.70. The van der Waals surface area contributed by atoms with Crippen LogP contribution in [0.3, 0.4) is 0 Å². The van der Waals surface area contributed by atoms with Crippen LogP contribution in [0.1, 0.15) is 62.0 Å². The second-order valence-electron chi connectivity index (χ2n) is 8.51. The molecule has 1 saturated heterocycles. The van der Waals surface area contributed by atoms with Crippen LogP contribution in [0.25, 0.3) is 16.5 Å². The summed E-state index contributed by atoms with van der Waals surface area (Å²) < 4.78 is 12.0. The Labute approximate surface area is 167 Å². The minimum atomic E-state index is 0.110. The predicted octanol–water partition coefficient (Wildman–Crippen LogP) is 5.29. The topological polar surface area (TPSA) is 42.7 Å². The van der Waals surface area contributed by atoms with Gasteiger partial charge in [-0.05, 0) is 63.5 Å². The number of furan rings is 1. The minimum Gasteiger partial charge on any atom is -0.496 e. The van der Waals surface area contributed by atoms with Gasteiger partial charge in [0.25, 0.3) is 0 Å². The average Bonchev–Trinajstić information content (AvgIpc) is 3.07. The van der Waals surface area contributed by atoms with Gasteiger partial charge in [-0.3, -0.25) is 4.79 Å². The van der Waals surface area contributed by atoms with Crippen molar-refractivity contribution in [2.45, 2.75) is 59.3 Å². The molecule has 1 aromatic carbocycles. The lowest BCUT2D eigenvalue weighted by atomic mass is 9.92. The smallest absolute Gasteiger partial charge is 0.246 e. The number of rotatable bonds is 3. The Morgan fingerprint density at radius 1 is 1.25 bits per heavy atom. The molecular weight excluding hydrogens is 350 g/mol. The number of methoxy groups -OCH3 is 1. The van der Waals surface area contributed by atoms with Gasteiger partial charge >= 0.3 is 0 Å². The maximum Gasteiger partial charge on any atom is 0.246 e. The maximum atomic E-state index is 12.8. The molecule has 0 bridgehead atoms. The van der Waals surface area contributed by atoms with Gasteiger partial charge in [0.05, 0.1) is 7.11 Å². The molecule has 0 saturated carbocycles. The number of likely N-dealkylation sites (tertiary alicyclic amines) is 1. The van der Waals surface area contributed by atoms with E-state index in [2.05, 4.69) is 19.9 Å². The molecule has 4 heteroatoms. The van der Waals surface area contributed by atoms with Crippen molar-refractivity contribution in [1.29, 1.82) is 0 Å². The summed E-state index contributed by atoms with van der Waals surface area (Å²) in [6.45, 7) is 8.04. The molecule has 1 aliphatic heterocycles. The van der Waals surface area contributed by atoms with E-state index in [9.17, 15) is 4.79 Å². The number of fused-ring (bicyclic) bond motifs is 3. The molecule has 1 aliphatic carbocycles. The lowest BCUT2D eigenvalue weighted by Crippen LogP contribution is -2.36. The molecule has 28 heavy (non-hydrogen) atoms. The van der Waals surface area contributed by atoms with Crippen molar-refractivity contribution in [3.05, 3.63) is 34.6 Å². The number of hydrogen-bond donors (Lipinski definition) is 0. The minimum absolute atomic E-state index is 0.110. The quantitative estimate of drug-likeness (QED) is 0.679. The number of piperidine rings is 1. The summed E-state index contributed by atoms with van der Waals surface area (Å²) in [6.07, 6.45) is 8.46. The van der Waals surface area contributed by atoms with Crippen LogP contribution in [0.4, 0.5) is 0 Å². The van der Waals surface area contributed by atoms with Crippen LogP contribution in [0, 0.1) is 12.8 Å². The highest BCUT2D eigenvalue weighted by molar-refractivity contribution is 5.98. The van der Waals surface area contributed by atoms with E-state index in [-0.39, 0.29) is 5.91 Å². The van der Waals surface area contributed by atoms with E-state index in [0.717, 1.165) is 72.6 Å². The van der Waals surface area contributed by atoms with Crippen molar-refractivity contribution < 1.29 is 13.9 Å². The number of benzene rings is 1. The number of nitrogens with zero attached hydrogens (tertiary/aromatic N) is 1. The number of ether oxygens (including phenoxy) is 1. The molecule has 1 aromatic heterocycles. The van der Waals surface area contributed by atoms with Gasteiger partial charge in [0.15, 0.2) is 0 Å². The first kappa shape index (κ1) is 19.1. The van der Waals surface area contributed by atoms with Gasteiger partial charge < -0.3 is 14.1 Å². The van der Waals surface area contributed by atoms with Crippen LogP contribution in [-0.2, 0) is 17.6 Å². The summed E-state index contributed by atoms with van der Waals surface area (Å²) in [5, 5.41) is 1.19. The van der Waals surface area contributed by atoms with E-state index in [1.807, 2.05) is 11.8 Å². The molecule has 2 heterocycles. The first-order valence-corrected chi connectivity index (χ1v) is 10.6.